The Morgan fingerprint density at radius 3 is 2.62 bits per heavy atom. The smallest absolute Gasteiger partial charge is 0.321 e. The van der Waals surface area contributed by atoms with Crippen molar-refractivity contribution in [2.75, 3.05) is 32.6 Å². The molecular weight excluding hydrogens is 370 g/mol. The summed E-state index contributed by atoms with van der Waals surface area (Å²) < 4.78 is 16.7. The second-order valence-electron chi connectivity index (χ2n) is 6.84. The molecule has 0 saturated carbocycles. The van der Waals surface area contributed by atoms with Gasteiger partial charge < -0.3 is 24.4 Å². The normalized spacial score (nSPS) is 15.9. The number of nitrogens with one attached hydrogen (secondary N) is 1. The van der Waals surface area contributed by atoms with Crippen molar-refractivity contribution in [1.82, 2.24) is 9.88 Å². The zero-order valence-electron chi connectivity index (χ0n) is 16.4. The highest BCUT2D eigenvalue weighted by atomic mass is 16.5. The highest BCUT2D eigenvalue weighted by molar-refractivity contribution is 5.90. The van der Waals surface area contributed by atoms with E-state index in [1.54, 1.807) is 43.5 Å². The molecule has 1 atom stereocenters. The highest BCUT2D eigenvalue weighted by Gasteiger charge is 2.28. The average molecular weight is 393 g/mol. The minimum atomic E-state index is -0.178. The number of likely N-dealkylation sites (tertiary alicyclic amines) is 1. The standard InChI is InChI=1S/C22H23N3O4/c1-27-18-11-16(12-19(13-18)28-2)24-22(26)25-10-8-17(14-25)29-20-7-3-5-15-6-4-9-23-21(15)20/h3-7,9,11-13,17H,8,10,14H2,1-2H3,(H,24,26). The van der Waals surface area contributed by atoms with Gasteiger partial charge in [0.15, 0.2) is 0 Å². The van der Waals surface area contributed by atoms with Crippen molar-refractivity contribution in [3.05, 3.63) is 54.7 Å². The van der Waals surface area contributed by atoms with Crippen LogP contribution in [0.15, 0.2) is 54.7 Å². The first-order valence-electron chi connectivity index (χ1n) is 9.45. The molecule has 0 aliphatic carbocycles. The monoisotopic (exact) mass is 393 g/mol. The lowest BCUT2D eigenvalue weighted by Gasteiger charge is -2.19. The summed E-state index contributed by atoms with van der Waals surface area (Å²) >= 11 is 0. The summed E-state index contributed by atoms with van der Waals surface area (Å²) in [5.41, 5.74) is 1.45. The van der Waals surface area contributed by atoms with E-state index in [-0.39, 0.29) is 12.1 Å². The van der Waals surface area contributed by atoms with E-state index >= 15 is 0 Å². The molecule has 150 valence electrons. The molecule has 1 aliphatic heterocycles. The van der Waals surface area contributed by atoms with E-state index in [0.717, 1.165) is 23.1 Å². The van der Waals surface area contributed by atoms with Gasteiger partial charge in [-0.05, 0) is 12.1 Å². The summed E-state index contributed by atoms with van der Waals surface area (Å²) in [5.74, 6) is 1.98. The molecule has 0 spiro atoms. The van der Waals surface area contributed by atoms with E-state index in [9.17, 15) is 4.79 Å². The van der Waals surface area contributed by atoms with Crippen LogP contribution in [0, 0.1) is 0 Å². The fraction of sp³-hybridized carbons (Fsp3) is 0.273. The lowest BCUT2D eigenvalue weighted by atomic mass is 10.2. The SMILES string of the molecule is COc1cc(NC(=O)N2CCC(Oc3cccc4cccnc34)C2)cc(OC)c1. The Bertz CT molecular complexity index is 996. The van der Waals surface area contributed by atoms with Crippen LogP contribution in [-0.4, -0.2) is 49.3 Å². The van der Waals surface area contributed by atoms with Crippen LogP contribution in [0.4, 0.5) is 10.5 Å². The quantitative estimate of drug-likeness (QED) is 0.711. The van der Waals surface area contributed by atoms with Crippen LogP contribution < -0.4 is 19.5 Å². The van der Waals surface area contributed by atoms with Gasteiger partial charge in [0.05, 0.1) is 20.8 Å². The molecule has 0 radical (unpaired) electrons. The highest BCUT2D eigenvalue weighted by Crippen LogP contribution is 2.28. The number of rotatable bonds is 5. The van der Waals surface area contributed by atoms with Gasteiger partial charge in [0, 0.05) is 48.4 Å². The third-order valence-corrected chi connectivity index (χ3v) is 4.92. The van der Waals surface area contributed by atoms with Crippen molar-refractivity contribution in [3.63, 3.8) is 0 Å². The van der Waals surface area contributed by atoms with Gasteiger partial charge in [-0.15, -0.1) is 0 Å². The van der Waals surface area contributed by atoms with Crippen molar-refractivity contribution in [1.29, 1.82) is 0 Å². The summed E-state index contributed by atoms with van der Waals surface area (Å²) in [4.78, 5) is 18.9. The Hall–Kier alpha value is -3.48. The maximum absolute atomic E-state index is 12.7. The number of pyridine rings is 1. The molecule has 7 nitrogen and oxygen atoms in total. The minimum Gasteiger partial charge on any atom is -0.497 e. The zero-order chi connectivity index (χ0) is 20.2. The first-order valence-corrected chi connectivity index (χ1v) is 9.45. The van der Waals surface area contributed by atoms with Crippen LogP contribution in [0.3, 0.4) is 0 Å². The molecule has 1 fully saturated rings. The van der Waals surface area contributed by atoms with Crippen molar-refractivity contribution in [2.24, 2.45) is 0 Å². The number of amides is 2. The number of ether oxygens (including phenoxy) is 3. The summed E-state index contributed by atoms with van der Waals surface area (Å²) in [5, 5.41) is 3.94. The van der Waals surface area contributed by atoms with Crippen LogP contribution in [0.2, 0.25) is 0 Å². The van der Waals surface area contributed by atoms with Crippen molar-refractivity contribution in [2.45, 2.75) is 12.5 Å². The lowest BCUT2D eigenvalue weighted by molar-refractivity contribution is 0.196. The third kappa shape index (κ3) is 4.18. The van der Waals surface area contributed by atoms with E-state index in [4.69, 9.17) is 14.2 Å². The van der Waals surface area contributed by atoms with Gasteiger partial charge >= 0.3 is 6.03 Å². The molecule has 29 heavy (non-hydrogen) atoms. The molecular formula is C22H23N3O4. The molecule has 7 heteroatoms. The second-order valence-corrected chi connectivity index (χ2v) is 6.84. The molecule has 1 unspecified atom stereocenters. The number of fused-ring (bicyclic) bond motifs is 1. The topological polar surface area (TPSA) is 72.9 Å². The van der Waals surface area contributed by atoms with Gasteiger partial charge in [-0.3, -0.25) is 4.98 Å². The fourth-order valence-electron chi connectivity index (χ4n) is 3.44. The van der Waals surface area contributed by atoms with Gasteiger partial charge in [-0.2, -0.15) is 0 Å². The third-order valence-electron chi connectivity index (χ3n) is 4.92. The van der Waals surface area contributed by atoms with Gasteiger partial charge in [0.2, 0.25) is 0 Å². The number of urea groups is 1. The number of hydrogen-bond acceptors (Lipinski definition) is 5. The molecule has 2 amide bonds. The Kier molecular flexibility index (Phi) is 5.37. The van der Waals surface area contributed by atoms with Crippen LogP contribution in [0.5, 0.6) is 17.2 Å². The summed E-state index contributed by atoms with van der Waals surface area (Å²) in [7, 11) is 3.15. The maximum Gasteiger partial charge on any atom is 0.321 e. The summed E-state index contributed by atoms with van der Waals surface area (Å²) in [6, 6.07) is 14.9. The van der Waals surface area contributed by atoms with Gasteiger partial charge in [0.1, 0.15) is 28.9 Å². The van der Waals surface area contributed by atoms with E-state index < -0.39 is 0 Å². The van der Waals surface area contributed by atoms with Crippen molar-refractivity contribution >= 4 is 22.6 Å². The Morgan fingerprint density at radius 1 is 1.10 bits per heavy atom. The van der Waals surface area contributed by atoms with Gasteiger partial charge in [0.25, 0.3) is 0 Å². The Morgan fingerprint density at radius 2 is 1.86 bits per heavy atom. The maximum atomic E-state index is 12.7. The molecule has 1 aromatic heterocycles. The predicted octanol–water partition coefficient (Wildman–Crippen LogP) is 3.94. The molecule has 1 N–H and O–H groups in total. The number of carbonyl (C=O) groups excluding carboxylic acids is 1. The molecule has 3 aromatic rings. The van der Waals surface area contributed by atoms with Gasteiger partial charge in [-0.25, -0.2) is 4.79 Å². The van der Waals surface area contributed by atoms with Crippen LogP contribution in [0.25, 0.3) is 10.9 Å². The number of carbonyl (C=O) groups is 1. The first-order chi connectivity index (χ1) is 14.2. The van der Waals surface area contributed by atoms with Crippen molar-refractivity contribution < 1.29 is 19.0 Å². The summed E-state index contributed by atoms with van der Waals surface area (Å²) in [6.45, 7) is 1.13. The second kappa shape index (κ2) is 8.26. The fourth-order valence-corrected chi connectivity index (χ4v) is 3.44. The number of methoxy groups -OCH3 is 2. The molecule has 1 saturated heterocycles. The molecule has 0 bridgehead atoms. The predicted molar refractivity (Wildman–Crippen MR) is 111 cm³/mol. The van der Waals surface area contributed by atoms with Gasteiger partial charge in [-0.1, -0.05) is 18.2 Å². The van der Waals surface area contributed by atoms with Crippen LogP contribution in [-0.2, 0) is 0 Å². The van der Waals surface area contributed by atoms with Crippen LogP contribution in [0.1, 0.15) is 6.42 Å². The number of benzene rings is 2. The number of aromatic nitrogens is 1. The minimum absolute atomic E-state index is 0.0757. The zero-order valence-corrected chi connectivity index (χ0v) is 16.4. The molecule has 2 heterocycles. The number of para-hydroxylation sites is 1. The number of nitrogens with zero attached hydrogens (tertiary/aromatic N) is 2. The van der Waals surface area contributed by atoms with Crippen molar-refractivity contribution in [3.8, 4) is 17.2 Å². The van der Waals surface area contributed by atoms with Crippen LogP contribution >= 0.6 is 0 Å². The van der Waals surface area contributed by atoms with E-state index in [1.165, 1.54) is 0 Å². The largest absolute Gasteiger partial charge is 0.497 e. The number of anilines is 1. The Labute approximate surface area is 169 Å². The first kappa shape index (κ1) is 18.9. The van der Waals surface area contributed by atoms with E-state index in [1.807, 2.05) is 30.3 Å². The van der Waals surface area contributed by atoms with E-state index in [2.05, 4.69) is 10.3 Å². The van der Waals surface area contributed by atoms with E-state index in [0.29, 0.717) is 30.3 Å². The molecule has 4 rings (SSSR count). The lowest BCUT2D eigenvalue weighted by Crippen LogP contribution is -2.34. The molecule has 2 aromatic carbocycles. The summed E-state index contributed by atoms with van der Waals surface area (Å²) in [6.07, 6.45) is 2.44. The Balaban J connectivity index is 1.41. The average Bonchev–Trinajstić information content (AvgIpc) is 3.22. The number of hydrogen-bond donors (Lipinski definition) is 1. The molecule has 1 aliphatic rings.